The van der Waals surface area contributed by atoms with Gasteiger partial charge < -0.3 is 9.47 Å². The molecule has 0 bridgehead atoms. The van der Waals surface area contributed by atoms with Crippen molar-refractivity contribution in [2.75, 3.05) is 13.1 Å². The summed E-state index contributed by atoms with van der Waals surface area (Å²) in [4.78, 5) is 19.3. The zero-order valence-corrected chi connectivity index (χ0v) is 14.6. The molecule has 2 aliphatic rings. The Kier molecular flexibility index (Phi) is 4.32. The van der Waals surface area contributed by atoms with Crippen LogP contribution in [0.1, 0.15) is 36.6 Å². The van der Waals surface area contributed by atoms with Crippen LogP contribution in [0.2, 0.25) is 0 Å². The Hall–Kier alpha value is -2.17. The minimum atomic E-state index is -0.219. The lowest BCUT2D eigenvalue weighted by Gasteiger charge is -2.33. The van der Waals surface area contributed by atoms with Gasteiger partial charge >= 0.3 is 0 Å². The van der Waals surface area contributed by atoms with Crippen molar-refractivity contribution in [3.63, 3.8) is 0 Å². The van der Waals surface area contributed by atoms with Crippen LogP contribution < -0.4 is 0 Å². The van der Waals surface area contributed by atoms with Crippen LogP contribution in [0.4, 0.5) is 4.39 Å². The molecule has 132 valence electrons. The van der Waals surface area contributed by atoms with E-state index in [2.05, 4.69) is 9.55 Å². The molecule has 4 nitrogen and oxygen atoms in total. The van der Waals surface area contributed by atoms with Crippen LogP contribution in [-0.4, -0.2) is 33.4 Å². The molecule has 2 aromatic rings. The van der Waals surface area contributed by atoms with E-state index in [9.17, 15) is 9.18 Å². The molecule has 2 fully saturated rings. The largest absolute Gasteiger partial charge is 0.342 e. The van der Waals surface area contributed by atoms with E-state index in [1.165, 1.54) is 6.07 Å². The molecule has 1 saturated heterocycles. The monoisotopic (exact) mass is 341 g/mol. The van der Waals surface area contributed by atoms with Crippen molar-refractivity contribution in [1.29, 1.82) is 0 Å². The van der Waals surface area contributed by atoms with Gasteiger partial charge in [0.15, 0.2) is 0 Å². The van der Waals surface area contributed by atoms with Gasteiger partial charge in [-0.15, -0.1) is 0 Å². The van der Waals surface area contributed by atoms with Gasteiger partial charge in [-0.1, -0.05) is 12.1 Å². The summed E-state index contributed by atoms with van der Waals surface area (Å²) in [7, 11) is 2.02. The number of hydrogen-bond donors (Lipinski definition) is 0. The van der Waals surface area contributed by atoms with E-state index in [1.807, 2.05) is 30.4 Å². The number of benzene rings is 1. The van der Waals surface area contributed by atoms with Crippen LogP contribution in [0, 0.1) is 17.7 Å². The van der Waals surface area contributed by atoms with E-state index in [-0.39, 0.29) is 23.6 Å². The second kappa shape index (κ2) is 6.62. The fourth-order valence-corrected chi connectivity index (χ4v) is 4.09. The van der Waals surface area contributed by atoms with Gasteiger partial charge in [-0.05, 0) is 48.8 Å². The Morgan fingerprint density at radius 3 is 3.04 bits per heavy atom. The maximum absolute atomic E-state index is 13.4. The predicted octanol–water partition coefficient (Wildman–Crippen LogP) is 3.14. The van der Waals surface area contributed by atoms with Crippen molar-refractivity contribution in [2.45, 2.75) is 31.6 Å². The first-order valence-electron chi connectivity index (χ1n) is 9.12. The molecule has 4 rings (SSSR count). The zero-order chi connectivity index (χ0) is 17.4. The van der Waals surface area contributed by atoms with Crippen LogP contribution in [-0.2, 0) is 18.3 Å². The molecule has 1 aromatic heterocycles. The number of amides is 1. The summed E-state index contributed by atoms with van der Waals surface area (Å²) < 4.78 is 15.5. The Morgan fingerprint density at radius 1 is 1.40 bits per heavy atom. The van der Waals surface area contributed by atoms with Crippen molar-refractivity contribution in [1.82, 2.24) is 14.5 Å². The van der Waals surface area contributed by atoms with Crippen molar-refractivity contribution in [2.24, 2.45) is 18.9 Å². The first kappa shape index (κ1) is 16.3. The second-order valence-electron chi connectivity index (χ2n) is 7.45. The smallest absolute Gasteiger partial charge is 0.226 e. The highest BCUT2D eigenvalue weighted by molar-refractivity contribution is 5.83. The van der Waals surface area contributed by atoms with Crippen LogP contribution in [0.3, 0.4) is 0 Å². The molecule has 2 heterocycles. The van der Waals surface area contributed by atoms with E-state index < -0.39 is 0 Å². The SMILES string of the molecule is Cn1ccnc1CC1CCCN(C(=O)C2CC2c2cccc(F)c2)C1. The maximum atomic E-state index is 13.4. The lowest BCUT2D eigenvalue weighted by Crippen LogP contribution is -2.41. The highest BCUT2D eigenvalue weighted by Gasteiger charge is 2.46. The fourth-order valence-electron chi connectivity index (χ4n) is 4.09. The van der Waals surface area contributed by atoms with Gasteiger partial charge in [-0.3, -0.25) is 4.79 Å². The third-order valence-corrected chi connectivity index (χ3v) is 5.61. The number of carbonyl (C=O) groups excluding carboxylic acids is 1. The number of piperidine rings is 1. The first-order valence-corrected chi connectivity index (χ1v) is 9.12. The van der Waals surface area contributed by atoms with E-state index in [0.29, 0.717) is 5.92 Å². The van der Waals surface area contributed by atoms with Crippen molar-refractivity contribution in [3.8, 4) is 0 Å². The molecule has 1 saturated carbocycles. The number of likely N-dealkylation sites (tertiary alicyclic amines) is 1. The number of imidazole rings is 1. The number of aryl methyl sites for hydroxylation is 1. The normalized spacial score (nSPS) is 25.8. The molecule has 25 heavy (non-hydrogen) atoms. The summed E-state index contributed by atoms with van der Waals surface area (Å²) in [5.74, 6) is 1.82. The van der Waals surface area contributed by atoms with Crippen LogP contribution in [0.5, 0.6) is 0 Å². The lowest BCUT2D eigenvalue weighted by molar-refractivity contribution is -0.134. The van der Waals surface area contributed by atoms with E-state index in [1.54, 1.807) is 12.1 Å². The zero-order valence-electron chi connectivity index (χ0n) is 14.6. The number of rotatable bonds is 4. The predicted molar refractivity (Wildman–Crippen MR) is 93.5 cm³/mol. The van der Waals surface area contributed by atoms with Gasteiger partial charge in [0.1, 0.15) is 11.6 Å². The lowest BCUT2D eigenvalue weighted by atomic mass is 9.94. The number of nitrogens with zero attached hydrogens (tertiary/aromatic N) is 3. The first-order chi connectivity index (χ1) is 12.1. The van der Waals surface area contributed by atoms with Gasteiger partial charge in [0.05, 0.1) is 0 Å². The molecule has 1 amide bonds. The summed E-state index contributed by atoms with van der Waals surface area (Å²) in [5, 5.41) is 0. The summed E-state index contributed by atoms with van der Waals surface area (Å²) >= 11 is 0. The maximum Gasteiger partial charge on any atom is 0.226 e. The minimum absolute atomic E-state index is 0.0358. The molecular weight excluding hydrogens is 317 g/mol. The van der Waals surface area contributed by atoms with Gasteiger partial charge in [0, 0.05) is 44.9 Å². The third-order valence-electron chi connectivity index (χ3n) is 5.61. The van der Waals surface area contributed by atoms with Crippen LogP contribution in [0.25, 0.3) is 0 Å². The Morgan fingerprint density at radius 2 is 2.28 bits per heavy atom. The minimum Gasteiger partial charge on any atom is -0.342 e. The average molecular weight is 341 g/mol. The molecular formula is C20H24FN3O. The Labute approximate surface area is 147 Å². The topological polar surface area (TPSA) is 38.1 Å². The summed E-state index contributed by atoms with van der Waals surface area (Å²) in [6.45, 7) is 1.67. The summed E-state index contributed by atoms with van der Waals surface area (Å²) in [6.07, 6.45) is 7.77. The highest BCUT2D eigenvalue weighted by Crippen LogP contribution is 2.48. The number of hydrogen-bond acceptors (Lipinski definition) is 2. The van der Waals surface area contributed by atoms with Crippen molar-refractivity contribution < 1.29 is 9.18 Å². The molecule has 0 N–H and O–H groups in total. The average Bonchev–Trinajstić information content (AvgIpc) is 3.32. The van der Waals surface area contributed by atoms with Crippen molar-refractivity contribution in [3.05, 3.63) is 53.9 Å². The molecule has 3 unspecified atom stereocenters. The molecule has 0 spiro atoms. The molecule has 0 radical (unpaired) electrons. The highest BCUT2D eigenvalue weighted by atomic mass is 19.1. The van der Waals surface area contributed by atoms with Crippen LogP contribution in [0.15, 0.2) is 36.7 Å². The van der Waals surface area contributed by atoms with E-state index in [0.717, 1.165) is 50.2 Å². The fraction of sp³-hybridized carbons (Fsp3) is 0.500. The summed E-state index contributed by atoms with van der Waals surface area (Å²) in [5.41, 5.74) is 0.958. The van der Waals surface area contributed by atoms with E-state index >= 15 is 0 Å². The molecule has 1 aromatic carbocycles. The molecule has 3 atom stereocenters. The quantitative estimate of drug-likeness (QED) is 0.857. The van der Waals surface area contributed by atoms with Crippen LogP contribution >= 0.6 is 0 Å². The Bertz CT molecular complexity index is 772. The molecule has 1 aliphatic carbocycles. The number of aromatic nitrogens is 2. The van der Waals surface area contributed by atoms with Gasteiger partial charge in [0.2, 0.25) is 5.91 Å². The standard InChI is InChI=1S/C20H24FN3O/c1-23-9-7-22-19(23)10-14-4-3-8-24(13-14)20(25)18-12-17(18)15-5-2-6-16(21)11-15/h2,5-7,9,11,14,17-18H,3-4,8,10,12-13H2,1H3. The van der Waals surface area contributed by atoms with Gasteiger partial charge in [-0.25, -0.2) is 9.37 Å². The van der Waals surface area contributed by atoms with E-state index in [4.69, 9.17) is 0 Å². The Balaban J connectivity index is 1.37. The molecule has 5 heteroatoms. The van der Waals surface area contributed by atoms with Gasteiger partial charge in [-0.2, -0.15) is 0 Å². The molecule has 1 aliphatic heterocycles. The number of halogens is 1. The van der Waals surface area contributed by atoms with Gasteiger partial charge in [0.25, 0.3) is 0 Å². The number of carbonyl (C=O) groups is 1. The summed E-state index contributed by atoms with van der Waals surface area (Å²) in [6, 6.07) is 6.68. The third kappa shape index (κ3) is 3.46. The second-order valence-corrected chi connectivity index (χ2v) is 7.45. The van der Waals surface area contributed by atoms with Crippen molar-refractivity contribution >= 4 is 5.91 Å².